The molecule has 1 aromatic heterocycles. The van der Waals surface area contributed by atoms with E-state index in [9.17, 15) is 9.18 Å². The maximum atomic E-state index is 12.8. The third-order valence-corrected chi connectivity index (χ3v) is 3.60. The molecule has 25 heavy (non-hydrogen) atoms. The summed E-state index contributed by atoms with van der Waals surface area (Å²) in [6, 6.07) is 15.4. The van der Waals surface area contributed by atoms with E-state index in [1.807, 2.05) is 41.2 Å². The number of halogens is 1. The summed E-state index contributed by atoms with van der Waals surface area (Å²) in [6.07, 6.45) is 3.66. The Morgan fingerprint density at radius 1 is 1.08 bits per heavy atom. The first-order valence-electron chi connectivity index (χ1n) is 7.89. The molecule has 0 bridgehead atoms. The van der Waals surface area contributed by atoms with Crippen molar-refractivity contribution in [3.63, 3.8) is 0 Å². The van der Waals surface area contributed by atoms with Crippen molar-refractivity contribution in [2.24, 2.45) is 0 Å². The van der Waals surface area contributed by atoms with E-state index < -0.39 is 0 Å². The van der Waals surface area contributed by atoms with Gasteiger partial charge in [-0.15, -0.1) is 0 Å². The lowest BCUT2D eigenvalue weighted by Gasteiger charge is -2.08. The molecule has 3 rings (SSSR count). The normalized spacial score (nSPS) is 10.4. The molecule has 1 amide bonds. The zero-order valence-corrected chi connectivity index (χ0v) is 13.6. The van der Waals surface area contributed by atoms with Crippen molar-refractivity contribution in [2.75, 3.05) is 6.61 Å². The van der Waals surface area contributed by atoms with Crippen LogP contribution in [0.5, 0.6) is 5.75 Å². The number of aromatic nitrogens is 2. The number of benzene rings is 2. The average molecular weight is 339 g/mol. The number of hydrogen-bond donors (Lipinski definition) is 1. The van der Waals surface area contributed by atoms with Gasteiger partial charge in [-0.1, -0.05) is 24.3 Å². The van der Waals surface area contributed by atoms with Crippen LogP contribution in [-0.2, 0) is 17.9 Å². The van der Waals surface area contributed by atoms with Gasteiger partial charge in [0.25, 0.3) is 5.91 Å². The lowest BCUT2D eigenvalue weighted by molar-refractivity contribution is -0.123. The van der Waals surface area contributed by atoms with E-state index in [0.29, 0.717) is 18.8 Å². The standard InChI is InChI=1S/C19H18FN3O2/c20-17-6-8-18(9-7-17)25-14-19(24)21-12-15-2-4-16(5-3-15)13-23-11-1-10-22-23/h1-11H,12-14H2,(H,21,24). The fourth-order valence-electron chi connectivity index (χ4n) is 2.27. The molecule has 0 unspecified atom stereocenters. The Labute approximate surface area is 145 Å². The summed E-state index contributed by atoms with van der Waals surface area (Å²) >= 11 is 0. The molecule has 6 heteroatoms. The van der Waals surface area contributed by atoms with E-state index >= 15 is 0 Å². The second-order valence-electron chi connectivity index (χ2n) is 5.54. The van der Waals surface area contributed by atoms with Crippen LogP contribution < -0.4 is 10.1 Å². The van der Waals surface area contributed by atoms with E-state index in [1.165, 1.54) is 24.3 Å². The molecular weight excluding hydrogens is 321 g/mol. The van der Waals surface area contributed by atoms with Gasteiger partial charge in [0, 0.05) is 18.9 Å². The van der Waals surface area contributed by atoms with E-state index in [0.717, 1.165) is 11.1 Å². The lowest BCUT2D eigenvalue weighted by atomic mass is 10.1. The minimum atomic E-state index is -0.340. The summed E-state index contributed by atoms with van der Waals surface area (Å²) in [4.78, 5) is 11.8. The molecule has 0 saturated carbocycles. The average Bonchev–Trinajstić information content (AvgIpc) is 3.14. The second kappa shape index (κ2) is 8.10. The lowest BCUT2D eigenvalue weighted by Crippen LogP contribution is -2.28. The Morgan fingerprint density at radius 2 is 1.80 bits per heavy atom. The van der Waals surface area contributed by atoms with Crippen LogP contribution >= 0.6 is 0 Å². The van der Waals surface area contributed by atoms with Crippen LogP contribution in [0.25, 0.3) is 0 Å². The highest BCUT2D eigenvalue weighted by Gasteiger charge is 2.04. The fourth-order valence-corrected chi connectivity index (χ4v) is 2.27. The molecule has 5 nitrogen and oxygen atoms in total. The zero-order chi connectivity index (χ0) is 17.5. The van der Waals surface area contributed by atoms with Crippen LogP contribution in [0.3, 0.4) is 0 Å². The highest BCUT2D eigenvalue weighted by atomic mass is 19.1. The minimum absolute atomic E-state index is 0.108. The van der Waals surface area contributed by atoms with Crippen LogP contribution in [-0.4, -0.2) is 22.3 Å². The van der Waals surface area contributed by atoms with Gasteiger partial charge in [0.2, 0.25) is 0 Å². The molecule has 0 aliphatic heterocycles. The fraction of sp³-hybridized carbons (Fsp3) is 0.158. The molecule has 1 N–H and O–H groups in total. The summed E-state index contributed by atoms with van der Waals surface area (Å²) in [5.74, 6) is -0.114. The number of rotatable bonds is 7. The first-order chi connectivity index (χ1) is 12.2. The van der Waals surface area contributed by atoms with Gasteiger partial charge in [-0.05, 0) is 41.5 Å². The molecule has 2 aromatic carbocycles. The first-order valence-corrected chi connectivity index (χ1v) is 7.89. The summed E-state index contributed by atoms with van der Waals surface area (Å²) in [7, 11) is 0. The van der Waals surface area contributed by atoms with Crippen LogP contribution in [0.2, 0.25) is 0 Å². The van der Waals surface area contributed by atoms with Gasteiger partial charge in [-0.2, -0.15) is 5.10 Å². The van der Waals surface area contributed by atoms with Gasteiger partial charge in [0.05, 0.1) is 6.54 Å². The molecular formula is C19H18FN3O2. The molecule has 0 aliphatic rings. The smallest absolute Gasteiger partial charge is 0.258 e. The van der Waals surface area contributed by atoms with E-state index in [2.05, 4.69) is 10.4 Å². The van der Waals surface area contributed by atoms with Crippen LogP contribution in [0.4, 0.5) is 4.39 Å². The Morgan fingerprint density at radius 3 is 2.48 bits per heavy atom. The maximum absolute atomic E-state index is 12.8. The number of amides is 1. The van der Waals surface area contributed by atoms with Gasteiger partial charge < -0.3 is 10.1 Å². The van der Waals surface area contributed by atoms with Crippen molar-refractivity contribution in [3.05, 3.63) is 83.9 Å². The number of carbonyl (C=O) groups is 1. The van der Waals surface area contributed by atoms with Crippen LogP contribution in [0, 0.1) is 5.82 Å². The molecule has 128 valence electrons. The van der Waals surface area contributed by atoms with Gasteiger partial charge >= 0.3 is 0 Å². The number of nitrogens with one attached hydrogen (secondary N) is 1. The third kappa shape index (κ3) is 5.17. The number of nitrogens with zero attached hydrogens (tertiary/aromatic N) is 2. The number of hydrogen-bond acceptors (Lipinski definition) is 3. The van der Waals surface area contributed by atoms with Crippen LogP contribution in [0.15, 0.2) is 67.0 Å². The van der Waals surface area contributed by atoms with E-state index in [1.54, 1.807) is 6.20 Å². The highest BCUT2D eigenvalue weighted by molar-refractivity contribution is 5.77. The summed E-state index contributed by atoms with van der Waals surface area (Å²) in [5, 5.41) is 6.96. The highest BCUT2D eigenvalue weighted by Crippen LogP contribution is 2.10. The Hall–Kier alpha value is -3.15. The predicted octanol–water partition coefficient (Wildman–Crippen LogP) is 2.77. The predicted molar refractivity (Wildman–Crippen MR) is 91.5 cm³/mol. The quantitative estimate of drug-likeness (QED) is 0.720. The van der Waals surface area contributed by atoms with Crippen LogP contribution in [0.1, 0.15) is 11.1 Å². The second-order valence-corrected chi connectivity index (χ2v) is 5.54. The summed E-state index contributed by atoms with van der Waals surface area (Å²) in [5.41, 5.74) is 2.14. The van der Waals surface area contributed by atoms with Crippen molar-refractivity contribution >= 4 is 5.91 Å². The molecule has 1 heterocycles. The molecule has 0 saturated heterocycles. The molecule has 0 fully saturated rings. The topological polar surface area (TPSA) is 56.1 Å². The van der Waals surface area contributed by atoms with Crippen molar-refractivity contribution in [2.45, 2.75) is 13.1 Å². The van der Waals surface area contributed by atoms with Crippen molar-refractivity contribution in [1.82, 2.24) is 15.1 Å². The van der Waals surface area contributed by atoms with E-state index in [-0.39, 0.29) is 18.3 Å². The molecule has 0 radical (unpaired) electrons. The number of carbonyl (C=O) groups excluding carboxylic acids is 1. The van der Waals surface area contributed by atoms with Gasteiger partial charge in [-0.25, -0.2) is 4.39 Å². The number of ether oxygens (including phenoxy) is 1. The Bertz CT molecular complexity index is 800. The molecule has 3 aromatic rings. The van der Waals surface area contributed by atoms with Gasteiger partial charge in [0.15, 0.2) is 6.61 Å². The minimum Gasteiger partial charge on any atom is -0.484 e. The Balaban J connectivity index is 1.43. The molecule has 0 spiro atoms. The van der Waals surface area contributed by atoms with Crippen molar-refractivity contribution in [1.29, 1.82) is 0 Å². The van der Waals surface area contributed by atoms with Gasteiger partial charge in [0.1, 0.15) is 11.6 Å². The SMILES string of the molecule is O=C(COc1ccc(F)cc1)NCc1ccc(Cn2cccn2)cc1. The maximum Gasteiger partial charge on any atom is 0.258 e. The molecule has 0 atom stereocenters. The van der Waals surface area contributed by atoms with E-state index in [4.69, 9.17) is 4.74 Å². The summed E-state index contributed by atoms with van der Waals surface area (Å²) in [6.45, 7) is 1.03. The monoisotopic (exact) mass is 339 g/mol. The van der Waals surface area contributed by atoms with Crippen molar-refractivity contribution in [3.8, 4) is 5.75 Å². The molecule has 0 aliphatic carbocycles. The third-order valence-electron chi connectivity index (χ3n) is 3.60. The van der Waals surface area contributed by atoms with Gasteiger partial charge in [-0.3, -0.25) is 9.48 Å². The summed E-state index contributed by atoms with van der Waals surface area (Å²) < 4.78 is 19.9. The van der Waals surface area contributed by atoms with Crippen molar-refractivity contribution < 1.29 is 13.9 Å². The largest absolute Gasteiger partial charge is 0.484 e. The first kappa shape index (κ1) is 16.7. The zero-order valence-electron chi connectivity index (χ0n) is 13.6. The Kier molecular flexibility index (Phi) is 5.41.